The van der Waals surface area contributed by atoms with Crippen molar-refractivity contribution >= 4 is 0 Å². The Kier molecular flexibility index (Phi) is 3.53. The highest BCUT2D eigenvalue weighted by molar-refractivity contribution is 5.32. The van der Waals surface area contributed by atoms with Crippen molar-refractivity contribution in [2.24, 2.45) is 0 Å². The Morgan fingerprint density at radius 1 is 1.35 bits per heavy atom. The summed E-state index contributed by atoms with van der Waals surface area (Å²) in [6.07, 6.45) is 0. The molecule has 4 nitrogen and oxygen atoms in total. The van der Waals surface area contributed by atoms with Crippen molar-refractivity contribution < 1.29 is 4.52 Å². The zero-order valence-electron chi connectivity index (χ0n) is 9.60. The van der Waals surface area contributed by atoms with Crippen LogP contribution in [0.25, 0.3) is 0 Å². The van der Waals surface area contributed by atoms with Gasteiger partial charge in [0.25, 0.3) is 0 Å². The maximum Gasteiger partial charge on any atom is 0.133 e. The number of rotatable bonds is 4. The first-order chi connectivity index (χ1) is 8.28. The Labute approximate surface area is 99.9 Å². The molecule has 0 aliphatic heterocycles. The molecule has 1 aromatic heterocycles. The minimum absolute atomic E-state index is 0.661. The van der Waals surface area contributed by atoms with Gasteiger partial charge in [-0.3, -0.25) is 0 Å². The van der Waals surface area contributed by atoms with E-state index in [1.807, 2.05) is 31.2 Å². The normalized spacial score (nSPS) is 10.1. The Morgan fingerprint density at radius 3 is 2.94 bits per heavy atom. The Balaban J connectivity index is 1.88. The third-order valence-electron chi connectivity index (χ3n) is 2.37. The SMILES string of the molecule is Cc1cc(CNCc2cccc(C#N)c2)no1. The standard InChI is InChI=1S/C13H13N3O/c1-10-5-13(16-17-10)9-15-8-12-4-2-3-11(6-12)7-14/h2-6,15H,8-9H2,1H3. The van der Waals surface area contributed by atoms with Crippen LogP contribution in [0.5, 0.6) is 0 Å². The summed E-state index contributed by atoms with van der Waals surface area (Å²) >= 11 is 0. The summed E-state index contributed by atoms with van der Waals surface area (Å²) in [7, 11) is 0. The molecule has 0 amide bonds. The molecule has 0 spiro atoms. The first-order valence-corrected chi connectivity index (χ1v) is 5.40. The molecule has 2 aromatic rings. The Morgan fingerprint density at radius 2 is 2.24 bits per heavy atom. The molecule has 0 aliphatic rings. The van der Waals surface area contributed by atoms with E-state index in [0.717, 1.165) is 17.0 Å². The fourth-order valence-electron chi connectivity index (χ4n) is 1.59. The van der Waals surface area contributed by atoms with Crippen LogP contribution in [-0.4, -0.2) is 5.16 Å². The molecule has 1 N–H and O–H groups in total. The van der Waals surface area contributed by atoms with Gasteiger partial charge in [0, 0.05) is 19.2 Å². The van der Waals surface area contributed by atoms with Crippen LogP contribution in [0.3, 0.4) is 0 Å². The van der Waals surface area contributed by atoms with Gasteiger partial charge in [0.05, 0.1) is 17.3 Å². The number of nitrogens with zero attached hydrogens (tertiary/aromatic N) is 2. The number of aromatic nitrogens is 1. The van der Waals surface area contributed by atoms with Gasteiger partial charge in [0.15, 0.2) is 0 Å². The molecule has 0 fully saturated rings. The summed E-state index contributed by atoms with van der Waals surface area (Å²) in [6.45, 7) is 3.24. The zero-order valence-corrected chi connectivity index (χ0v) is 9.60. The second kappa shape index (κ2) is 5.28. The van der Waals surface area contributed by atoms with Crippen LogP contribution >= 0.6 is 0 Å². The highest BCUT2D eigenvalue weighted by Gasteiger charge is 2.00. The lowest BCUT2D eigenvalue weighted by molar-refractivity contribution is 0.388. The summed E-state index contributed by atoms with van der Waals surface area (Å²) in [5.41, 5.74) is 2.66. The Hall–Kier alpha value is -2.12. The van der Waals surface area contributed by atoms with Gasteiger partial charge in [-0.1, -0.05) is 17.3 Å². The molecule has 17 heavy (non-hydrogen) atoms. The van der Waals surface area contributed by atoms with Crippen molar-refractivity contribution in [1.29, 1.82) is 5.26 Å². The number of aryl methyl sites for hydroxylation is 1. The largest absolute Gasteiger partial charge is 0.361 e. The van der Waals surface area contributed by atoms with Gasteiger partial charge < -0.3 is 9.84 Å². The molecule has 0 atom stereocenters. The summed E-state index contributed by atoms with van der Waals surface area (Å²) < 4.78 is 4.97. The van der Waals surface area contributed by atoms with Crippen molar-refractivity contribution in [2.75, 3.05) is 0 Å². The molecule has 0 radical (unpaired) electrons. The average molecular weight is 227 g/mol. The maximum absolute atomic E-state index is 8.78. The number of nitriles is 1. The molecule has 1 heterocycles. The van der Waals surface area contributed by atoms with E-state index in [2.05, 4.69) is 16.5 Å². The highest BCUT2D eigenvalue weighted by atomic mass is 16.5. The summed E-state index contributed by atoms with van der Waals surface area (Å²) in [5, 5.41) is 15.9. The maximum atomic E-state index is 8.78. The van der Waals surface area contributed by atoms with Crippen molar-refractivity contribution in [3.05, 3.63) is 52.9 Å². The first-order valence-electron chi connectivity index (χ1n) is 5.40. The first kappa shape index (κ1) is 11.4. The van der Waals surface area contributed by atoms with Crippen LogP contribution in [0.2, 0.25) is 0 Å². The smallest absolute Gasteiger partial charge is 0.133 e. The van der Waals surface area contributed by atoms with Gasteiger partial charge in [0.2, 0.25) is 0 Å². The van der Waals surface area contributed by atoms with Crippen LogP contribution in [0.4, 0.5) is 0 Å². The quantitative estimate of drug-likeness (QED) is 0.869. The van der Waals surface area contributed by atoms with E-state index >= 15 is 0 Å². The highest BCUT2D eigenvalue weighted by Crippen LogP contribution is 2.05. The van der Waals surface area contributed by atoms with Crippen LogP contribution < -0.4 is 5.32 Å². The van der Waals surface area contributed by atoms with Gasteiger partial charge in [-0.2, -0.15) is 5.26 Å². The molecule has 0 aliphatic carbocycles. The minimum atomic E-state index is 0.661. The van der Waals surface area contributed by atoms with Crippen molar-refractivity contribution in [2.45, 2.75) is 20.0 Å². The van der Waals surface area contributed by atoms with E-state index in [-0.39, 0.29) is 0 Å². The van der Waals surface area contributed by atoms with Gasteiger partial charge in [-0.05, 0) is 24.6 Å². The average Bonchev–Trinajstić information content (AvgIpc) is 2.75. The molecular formula is C13H13N3O. The molecule has 0 unspecified atom stereocenters. The van der Waals surface area contributed by atoms with Crippen molar-refractivity contribution in [1.82, 2.24) is 10.5 Å². The van der Waals surface area contributed by atoms with Crippen molar-refractivity contribution in [3.8, 4) is 6.07 Å². The number of benzene rings is 1. The molecule has 2 rings (SSSR count). The summed E-state index contributed by atoms with van der Waals surface area (Å²) in [6, 6.07) is 11.6. The van der Waals surface area contributed by atoms with E-state index in [1.54, 1.807) is 6.07 Å². The molecule has 0 saturated heterocycles. The molecular weight excluding hydrogens is 214 g/mol. The van der Waals surface area contributed by atoms with Gasteiger partial charge >= 0.3 is 0 Å². The van der Waals surface area contributed by atoms with E-state index < -0.39 is 0 Å². The summed E-state index contributed by atoms with van der Waals surface area (Å²) in [5.74, 6) is 0.813. The third kappa shape index (κ3) is 3.16. The predicted octanol–water partition coefficient (Wildman–Crippen LogP) is 2.14. The number of hydrogen-bond acceptors (Lipinski definition) is 4. The molecule has 1 aromatic carbocycles. The molecule has 0 saturated carbocycles. The fourth-order valence-corrected chi connectivity index (χ4v) is 1.59. The zero-order chi connectivity index (χ0) is 12.1. The number of hydrogen-bond donors (Lipinski definition) is 1. The Bertz CT molecular complexity index is 540. The van der Waals surface area contributed by atoms with E-state index in [0.29, 0.717) is 18.7 Å². The van der Waals surface area contributed by atoms with Gasteiger partial charge in [-0.25, -0.2) is 0 Å². The molecule has 0 bridgehead atoms. The van der Waals surface area contributed by atoms with Crippen LogP contribution in [0.1, 0.15) is 22.6 Å². The lowest BCUT2D eigenvalue weighted by Crippen LogP contribution is -2.12. The van der Waals surface area contributed by atoms with E-state index in [4.69, 9.17) is 9.78 Å². The third-order valence-corrected chi connectivity index (χ3v) is 2.37. The second-order valence-corrected chi connectivity index (χ2v) is 3.84. The van der Waals surface area contributed by atoms with E-state index in [1.165, 1.54) is 0 Å². The lowest BCUT2D eigenvalue weighted by Gasteiger charge is -2.02. The lowest BCUT2D eigenvalue weighted by atomic mass is 10.1. The molecule has 86 valence electrons. The minimum Gasteiger partial charge on any atom is -0.361 e. The van der Waals surface area contributed by atoms with Crippen LogP contribution in [-0.2, 0) is 13.1 Å². The molecule has 4 heteroatoms. The summed E-state index contributed by atoms with van der Waals surface area (Å²) in [4.78, 5) is 0. The van der Waals surface area contributed by atoms with Crippen LogP contribution in [0, 0.1) is 18.3 Å². The predicted molar refractivity (Wildman–Crippen MR) is 62.9 cm³/mol. The van der Waals surface area contributed by atoms with Crippen LogP contribution in [0.15, 0.2) is 34.9 Å². The topological polar surface area (TPSA) is 61.9 Å². The van der Waals surface area contributed by atoms with Crippen molar-refractivity contribution in [3.63, 3.8) is 0 Å². The monoisotopic (exact) mass is 227 g/mol. The van der Waals surface area contributed by atoms with Gasteiger partial charge in [-0.15, -0.1) is 0 Å². The fraction of sp³-hybridized carbons (Fsp3) is 0.231. The van der Waals surface area contributed by atoms with E-state index in [9.17, 15) is 0 Å². The second-order valence-electron chi connectivity index (χ2n) is 3.84. The number of nitrogens with one attached hydrogen (secondary N) is 1. The van der Waals surface area contributed by atoms with Gasteiger partial charge in [0.1, 0.15) is 5.76 Å².